The van der Waals surface area contributed by atoms with Crippen molar-refractivity contribution in [2.45, 2.75) is 13.5 Å². The monoisotopic (exact) mass is 209 g/mol. The number of nitrogens with one attached hydrogen (secondary N) is 1. The molecule has 1 aromatic rings. The van der Waals surface area contributed by atoms with E-state index in [1.807, 2.05) is 6.92 Å². The number of nitrogens with zero attached hydrogens (tertiary/aromatic N) is 2. The summed E-state index contributed by atoms with van der Waals surface area (Å²) in [5.74, 6) is 0. The van der Waals surface area contributed by atoms with Crippen LogP contribution >= 0.6 is 0 Å². The zero-order valence-electron chi connectivity index (χ0n) is 8.32. The summed E-state index contributed by atoms with van der Waals surface area (Å²) in [5.41, 5.74) is -1.26. The summed E-state index contributed by atoms with van der Waals surface area (Å²) in [5, 5.41) is 8.59. The molecular formula is C9H11N3O3. The maximum atomic E-state index is 11.2. The molecule has 0 fully saturated rings. The van der Waals surface area contributed by atoms with Gasteiger partial charge in [0, 0.05) is 12.8 Å². The Kier molecular flexibility index (Phi) is 3.83. The highest BCUT2D eigenvalue weighted by atomic mass is 16.5. The van der Waals surface area contributed by atoms with Crippen LogP contribution in [0.15, 0.2) is 15.8 Å². The van der Waals surface area contributed by atoms with Gasteiger partial charge in [-0.1, -0.05) is 0 Å². The van der Waals surface area contributed by atoms with Crippen molar-refractivity contribution in [1.29, 1.82) is 5.26 Å². The minimum atomic E-state index is -0.657. The molecule has 0 atom stereocenters. The minimum Gasteiger partial charge on any atom is -0.380 e. The number of hydrogen-bond donors (Lipinski definition) is 1. The van der Waals surface area contributed by atoms with Gasteiger partial charge in [0.05, 0.1) is 13.2 Å². The van der Waals surface area contributed by atoms with E-state index in [1.165, 1.54) is 10.8 Å². The lowest BCUT2D eigenvalue weighted by molar-refractivity contribution is 0.138. The zero-order valence-corrected chi connectivity index (χ0v) is 8.32. The van der Waals surface area contributed by atoms with Crippen LogP contribution in [0.1, 0.15) is 12.5 Å². The third-order valence-electron chi connectivity index (χ3n) is 1.81. The van der Waals surface area contributed by atoms with Gasteiger partial charge in [-0.25, -0.2) is 4.79 Å². The van der Waals surface area contributed by atoms with Gasteiger partial charge in [0.25, 0.3) is 5.56 Å². The minimum absolute atomic E-state index is 0.0777. The molecule has 0 amide bonds. The second kappa shape index (κ2) is 5.12. The first-order valence-electron chi connectivity index (χ1n) is 4.50. The molecule has 0 aromatic carbocycles. The number of ether oxygens (including phenoxy) is 1. The topological polar surface area (TPSA) is 87.9 Å². The van der Waals surface area contributed by atoms with E-state index in [4.69, 9.17) is 10.00 Å². The molecule has 6 heteroatoms. The Bertz CT molecular complexity index is 481. The Balaban J connectivity index is 2.94. The highest BCUT2D eigenvalue weighted by Gasteiger charge is 2.02. The number of H-pyrrole nitrogens is 1. The lowest BCUT2D eigenvalue weighted by Crippen LogP contribution is -2.32. The summed E-state index contributed by atoms with van der Waals surface area (Å²) in [6.45, 7) is 3.09. The van der Waals surface area contributed by atoms with Crippen LogP contribution in [0.3, 0.4) is 0 Å². The summed E-state index contributed by atoms with van der Waals surface area (Å²) in [7, 11) is 0. The molecule has 0 unspecified atom stereocenters. The predicted octanol–water partition coefficient (Wildman–Crippen LogP) is -0.555. The second-order valence-corrected chi connectivity index (χ2v) is 2.80. The number of rotatable bonds is 4. The third-order valence-corrected chi connectivity index (χ3v) is 1.81. The lowest BCUT2D eigenvalue weighted by atomic mass is 10.4. The molecule has 0 radical (unpaired) electrons. The van der Waals surface area contributed by atoms with E-state index < -0.39 is 11.2 Å². The molecule has 1 N–H and O–H groups in total. The van der Waals surface area contributed by atoms with Crippen LogP contribution in [0.4, 0.5) is 0 Å². The fourth-order valence-corrected chi connectivity index (χ4v) is 1.06. The molecule has 6 nitrogen and oxygen atoms in total. The fraction of sp³-hybridized carbons (Fsp3) is 0.444. The predicted molar refractivity (Wildman–Crippen MR) is 52.5 cm³/mol. The summed E-state index contributed by atoms with van der Waals surface area (Å²) in [6.07, 6.45) is 1.24. The standard InChI is InChI=1S/C9H11N3O3/c1-2-15-4-3-12-6-7(5-10)8(13)11-9(12)14/h6H,2-4H2,1H3,(H,11,13,14). The molecule has 1 rings (SSSR count). The van der Waals surface area contributed by atoms with Gasteiger partial charge in [0.15, 0.2) is 0 Å². The molecule has 15 heavy (non-hydrogen) atoms. The molecule has 0 aliphatic carbocycles. The van der Waals surface area contributed by atoms with E-state index in [1.54, 1.807) is 6.07 Å². The molecule has 0 aliphatic heterocycles. The van der Waals surface area contributed by atoms with E-state index in [2.05, 4.69) is 4.98 Å². The van der Waals surface area contributed by atoms with E-state index in [0.717, 1.165) is 0 Å². The van der Waals surface area contributed by atoms with Crippen LogP contribution in [0.2, 0.25) is 0 Å². The Hall–Kier alpha value is -1.87. The number of hydrogen-bond acceptors (Lipinski definition) is 4. The van der Waals surface area contributed by atoms with Crippen LogP contribution in [0.25, 0.3) is 0 Å². The van der Waals surface area contributed by atoms with Crippen molar-refractivity contribution in [1.82, 2.24) is 9.55 Å². The van der Waals surface area contributed by atoms with Crippen molar-refractivity contribution in [2.24, 2.45) is 0 Å². The summed E-state index contributed by atoms with van der Waals surface area (Å²) < 4.78 is 6.31. The summed E-state index contributed by atoms with van der Waals surface area (Å²) in [4.78, 5) is 24.3. The first-order chi connectivity index (χ1) is 7.19. The third kappa shape index (κ3) is 2.79. The Morgan fingerprint density at radius 1 is 1.60 bits per heavy atom. The van der Waals surface area contributed by atoms with Crippen LogP contribution in [-0.4, -0.2) is 22.8 Å². The van der Waals surface area contributed by atoms with Crippen LogP contribution in [0.5, 0.6) is 0 Å². The average molecular weight is 209 g/mol. The van der Waals surface area contributed by atoms with Crippen molar-refractivity contribution < 1.29 is 4.74 Å². The van der Waals surface area contributed by atoms with E-state index in [0.29, 0.717) is 19.8 Å². The van der Waals surface area contributed by atoms with Gasteiger partial charge in [-0.2, -0.15) is 5.26 Å². The van der Waals surface area contributed by atoms with E-state index in [-0.39, 0.29) is 5.56 Å². The number of nitriles is 1. The average Bonchev–Trinajstić information content (AvgIpc) is 2.21. The first kappa shape index (κ1) is 11.2. The van der Waals surface area contributed by atoms with E-state index >= 15 is 0 Å². The normalized spacial score (nSPS) is 9.87. The van der Waals surface area contributed by atoms with Crippen molar-refractivity contribution in [3.05, 3.63) is 32.6 Å². The fourth-order valence-electron chi connectivity index (χ4n) is 1.06. The summed E-state index contributed by atoms with van der Waals surface area (Å²) >= 11 is 0. The maximum absolute atomic E-state index is 11.2. The maximum Gasteiger partial charge on any atom is 0.328 e. The van der Waals surface area contributed by atoms with Crippen molar-refractivity contribution >= 4 is 0 Å². The molecule has 0 aliphatic rings. The molecule has 1 aromatic heterocycles. The Morgan fingerprint density at radius 3 is 2.93 bits per heavy atom. The van der Waals surface area contributed by atoms with Crippen molar-refractivity contribution in [2.75, 3.05) is 13.2 Å². The van der Waals surface area contributed by atoms with Gasteiger partial charge in [0.2, 0.25) is 0 Å². The molecule has 0 spiro atoms. The van der Waals surface area contributed by atoms with Gasteiger partial charge in [-0.3, -0.25) is 14.3 Å². The molecular weight excluding hydrogens is 198 g/mol. The number of aromatic amines is 1. The smallest absolute Gasteiger partial charge is 0.328 e. The van der Waals surface area contributed by atoms with Crippen molar-refractivity contribution in [3.8, 4) is 6.07 Å². The molecule has 0 saturated carbocycles. The van der Waals surface area contributed by atoms with Gasteiger partial charge >= 0.3 is 5.69 Å². The quantitative estimate of drug-likeness (QED) is 0.673. The summed E-state index contributed by atoms with van der Waals surface area (Å²) in [6, 6.07) is 1.71. The zero-order chi connectivity index (χ0) is 11.3. The Labute approximate surface area is 85.7 Å². The van der Waals surface area contributed by atoms with Crippen LogP contribution in [-0.2, 0) is 11.3 Å². The SMILES string of the molecule is CCOCCn1cc(C#N)c(=O)[nH]c1=O. The molecule has 0 bridgehead atoms. The second-order valence-electron chi connectivity index (χ2n) is 2.80. The first-order valence-corrected chi connectivity index (χ1v) is 4.50. The van der Waals surface area contributed by atoms with E-state index in [9.17, 15) is 9.59 Å². The van der Waals surface area contributed by atoms with Gasteiger partial charge in [0.1, 0.15) is 11.6 Å². The van der Waals surface area contributed by atoms with Gasteiger partial charge < -0.3 is 4.74 Å². The highest BCUT2D eigenvalue weighted by molar-refractivity contribution is 5.21. The lowest BCUT2D eigenvalue weighted by Gasteiger charge is -2.04. The Morgan fingerprint density at radius 2 is 2.33 bits per heavy atom. The highest BCUT2D eigenvalue weighted by Crippen LogP contribution is 1.85. The molecule has 80 valence electrons. The van der Waals surface area contributed by atoms with Gasteiger partial charge in [-0.05, 0) is 6.92 Å². The van der Waals surface area contributed by atoms with Crippen molar-refractivity contribution in [3.63, 3.8) is 0 Å². The molecule has 0 saturated heterocycles. The number of aromatic nitrogens is 2. The van der Waals surface area contributed by atoms with Gasteiger partial charge in [-0.15, -0.1) is 0 Å². The van der Waals surface area contributed by atoms with Crippen LogP contribution in [0, 0.1) is 11.3 Å². The largest absolute Gasteiger partial charge is 0.380 e. The molecule has 1 heterocycles. The van der Waals surface area contributed by atoms with Crippen LogP contribution < -0.4 is 11.2 Å².